The van der Waals surface area contributed by atoms with E-state index in [9.17, 15) is 13.2 Å². The van der Waals surface area contributed by atoms with Gasteiger partial charge in [0, 0.05) is 0 Å². The molecule has 2 aliphatic rings. The van der Waals surface area contributed by atoms with Gasteiger partial charge in [0.05, 0.1) is 31.6 Å². The van der Waals surface area contributed by atoms with E-state index in [1.165, 1.54) is 29.4 Å². The molecule has 1 aliphatic heterocycles. The average molecular weight is 591 g/mol. The Morgan fingerprint density at radius 3 is 2.36 bits per heavy atom. The molecule has 0 spiro atoms. The monoisotopic (exact) mass is 590 g/mol. The quantitative estimate of drug-likeness (QED) is 0.222. The molecule has 0 aromatic heterocycles. The lowest BCUT2D eigenvalue weighted by atomic mass is 9.91. The van der Waals surface area contributed by atoms with Crippen molar-refractivity contribution in [2.75, 3.05) is 25.2 Å². The van der Waals surface area contributed by atoms with Crippen LogP contribution in [0.1, 0.15) is 73.6 Å². The van der Waals surface area contributed by atoms with E-state index in [1.54, 1.807) is 0 Å². The maximum atomic E-state index is 11.9. The van der Waals surface area contributed by atoms with E-state index in [1.807, 2.05) is 18.2 Å². The number of hydrogen-bond donors (Lipinski definition) is 0. The van der Waals surface area contributed by atoms with E-state index >= 15 is 0 Å². The number of carbonyl (C=O) groups excluding carboxylic acids is 1. The Balaban J connectivity index is 1.23. The second-order valence-electron chi connectivity index (χ2n) is 11.7. The smallest absolute Gasteiger partial charge is 0.306 e. The predicted octanol–water partition coefficient (Wildman–Crippen LogP) is 7.07. The van der Waals surface area contributed by atoms with E-state index in [4.69, 9.17) is 14.2 Å². The summed E-state index contributed by atoms with van der Waals surface area (Å²) >= 11 is 0. The number of hydrogen-bond acceptors (Lipinski definition) is 6. The van der Waals surface area contributed by atoms with Gasteiger partial charge in [-0.05, 0) is 114 Å². The van der Waals surface area contributed by atoms with Crippen LogP contribution < -0.4 is 9.47 Å². The molecule has 3 aromatic carbocycles. The molecule has 1 atom stereocenters. The van der Waals surface area contributed by atoms with Crippen LogP contribution in [-0.4, -0.2) is 39.6 Å². The zero-order chi connectivity index (χ0) is 29.5. The van der Waals surface area contributed by atoms with Crippen molar-refractivity contribution < 1.29 is 27.4 Å². The molecule has 1 saturated heterocycles. The predicted molar refractivity (Wildman–Crippen MR) is 166 cm³/mol. The Hall–Kier alpha value is -3.32. The van der Waals surface area contributed by atoms with Gasteiger partial charge in [0.25, 0.3) is 0 Å². The minimum absolute atomic E-state index is 0.151. The van der Waals surface area contributed by atoms with Crippen LogP contribution in [0.3, 0.4) is 0 Å². The molecule has 0 radical (unpaired) electrons. The fourth-order valence-corrected chi connectivity index (χ4v) is 7.71. The van der Waals surface area contributed by atoms with Gasteiger partial charge in [-0.1, -0.05) is 43.7 Å². The number of benzene rings is 3. The Bertz CT molecular complexity index is 1460. The van der Waals surface area contributed by atoms with Crippen molar-refractivity contribution in [1.82, 2.24) is 0 Å². The number of sulfone groups is 1. The molecule has 5 rings (SSSR count). The van der Waals surface area contributed by atoms with Gasteiger partial charge in [-0.3, -0.25) is 4.79 Å². The lowest BCUT2D eigenvalue weighted by molar-refractivity contribution is -0.141. The Kier molecular flexibility index (Phi) is 9.88. The van der Waals surface area contributed by atoms with Gasteiger partial charge in [0.15, 0.2) is 0 Å². The lowest BCUT2D eigenvalue weighted by Crippen LogP contribution is -2.26. The highest BCUT2D eigenvalue weighted by molar-refractivity contribution is 7.91. The molecule has 0 amide bonds. The fraction of sp³-hybridized carbons (Fsp3) is 0.457. The third kappa shape index (κ3) is 7.74. The van der Waals surface area contributed by atoms with Gasteiger partial charge in [0.1, 0.15) is 27.9 Å². The number of rotatable bonds is 11. The highest BCUT2D eigenvalue weighted by Crippen LogP contribution is 2.36. The number of methoxy groups -OCH3 is 1. The van der Waals surface area contributed by atoms with Crippen LogP contribution in [0.2, 0.25) is 0 Å². The molecular weight excluding hydrogens is 548 g/mol. The van der Waals surface area contributed by atoms with Crippen molar-refractivity contribution in [2.45, 2.75) is 70.8 Å². The lowest BCUT2D eigenvalue weighted by Gasteiger charge is -2.22. The maximum absolute atomic E-state index is 11.9. The van der Waals surface area contributed by atoms with Crippen LogP contribution in [0.25, 0.3) is 11.1 Å². The summed E-state index contributed by atoms with van der Waals surface area (Å²) in [6, 6.07) is 21.1. The van der Waals surface area contributed by atoms with Crippen LogP contribution in [0.15, 0.2) is 60.7 Å². The summed E-state index contributed by atoms with van der Waals surface area (Å²) in [6.07, 6.45) is 6.81. The minimum Gasteiger partial charge on any atom is -0.493 e. The highest BCUT2D eigenvalue weighted by atomic mass is 32.2. The van der Waals surface area contributed by atoms with E-state index in [0.717, 1.165) is 54.7 Å². The molecule has 6 nitrogen and oxygen atoms in total. The topological polar surface area (TPSA) is 78.9 Å². The molecule has 3 aromatic rings. The van der Waals surface area contributed by atoms with E-state index in [-0.39, 0.29) is 23.4 Å². The van der Waals surface area contributed by atoms with Gasteiger partial charge in [-0.2, -0.15) is 0 Å². The number of fused-ring (bicyclic) bond motifs is 3. The normalized spacial score (nSPS) is 16.9. The summed E-state index contributed by atoms with van der Waals surface area (Å²) in [5.74, 6) is 2.48. The largest absolute Gasteiger partial charge is 0.493 e. The van der Waals surface area contributed by atoms with Gasteiger partial charge >= 0.3 is 5.97 Å². The second-order valence-corrected chi connectivity index (χ2v) is 14.0. The first-order valence-electron chi connectivity index (χ1n) is 15.2. The van der Waals surface area contributed by atoms with Crippen molar-refractivity contribution in [3.8, 4) is 22.6 Å². The fourth-order valence-electron chi connectivity index (χ4n) is 6.12. The van der Waals surface area contributed by atoms with Crippen molar-refractivity contribution >= 4 is 15.8 Å². The summed E-state index contributed by atoms with van der Waals surface area (Å²) in [6.45, 7) is 3.17. The summed E-state index contributed by atoms with van der Waals surface area (Å²) in [5.41, 5.74) is 7.40. The SMILES string of the molecule is CCC[C@@H](CC(=O)OC)c1ccc(OCc2ccc3c(c2)-c2ccc(OCC4CCS(=O)(=O)CC4)cc2CCC3)cc1. The summed E-state index contributed by atoms with van der Waals surface area (Å²) in [4.78, 5) is 11.9. The standard InChI is InChI=1S/C35H42O6S/c1-3-5-29(22-35(36)39-2)27-10-12-31(13-11-27)40-24-26-8-9-28-6-4-7-30-21-32(14-15-33(30)34(28)20-26)41-23-25-16-18-42(37,38)19-17-25/h8-15,20-21,25,29H,3-7,16-19,22-24H2,1-2H3/t29-/m0/s1. The van der Waals surface area contributed by atoms with Crippen molar-refractivity contribution in [3.63, 3.8) is 0 Å². The van der Waals surface area contributed by atoms with Crippen LogP contribution >= 0.6 is 0 Å². The average Bonchev–Trinajstić information content (AvgIpc) is 3.18. The van der Waals surface area contributed by atoms with Gasteiger partial charge in [-0.25, -0.2) is 8.42 Å². The van der Waals surface area contributed by atoms with Gasteiger partial charge in [0.2, 0.25) is 0 Å². The third-order valence-electron chi connectivity index (χ3n) is 8.63. The molecule has 0 unspecified atom stereocenters. The molecule has 1 heterocycles. The summed E-state index contributed by atoms with van der Waals surface area (Å²) in [7, 11) is -1.42. The number of ether oxygens (including phenoxy) is 3. The van der Waals surface area contributed by atoms with E-state index in [0.29, 0.717) is 38.4 Å². The Morgan fingerprint density at radius 1 is 0.881 bits per heavy atom. The molecule has 1 fully saturated rings. The van der Waals surface area contributed by atoms with Crippen molar-refractivity contribution in [3.05, 3.63) is 82.9 Å². The van der Waals surface area contributed by atoms with Gasteiger partial charge < -0.3 is 14.2 Å². The van der Waals surface area contributed by atoms with Crippen molar-refractivity contribution in [1.29, 1.82) is 0 Å². The maximum Gasteiger partial charge on any atom is 0.306 e. The zero-order valence-corrected chi connectivity index (χ0v) is 25.6. The number of esters is 1. The second kappa shape index (κ2) is 13.8. The van der Waals surface area contributed by atoms with Crippen LogP contribution in [0.5, 0.6) is 11.5 Å². The molecule has 0 N–H and O–H groups in total. The molecular formula is C35H42O6S. The molecule has 224 valence electrons. The zero-order valence-electron chi connectivity index (χ0n) is 24.8. The minimum atomic E-state index is -2.86. The molecule has 42 heavy (non-hydrogen) atoms. The summed E-state index contributed by atoms with van der Waals surface area (Å²) < 4.78 is 40.7. The highest BCUT2D eigenvalue weighted by Gasteiger charge is 2.24. The number of aryl methyl sites for hydroxylation is 2. The third-order valence-corrected chi connectivity index (χ3v) is 10.3. The summed E-state index contributed by atoms with van der Waals surface area (Å²) in [5, 5.41) is 0. The first-order valence-corrected chi connectivity index (χ1v) is 17.0. The first-order chi connectivity index (χ1) is 20.3. The molecule has 7 heteroatoms. The molecule has 1 aliphatic carbocycles. The Morgan fingerprint density at radius 2 is 1.62 bits per heavy atom. The van der Waals surface area contributed by atoms with E-state index < -0.39 is 9.84 Å². The number of carbonyl (C=O) groups is 1. The van der Waals surface area contributed by atoms with Crippen LogP contribution in [0, 0.1) is 5.92 Å². The Labute approximate surface area is 250 Å². The first kappa shape index (κ1) is 30.1. The molecule has 0 bridgehead atoms. The van der Waals surface area contributed by atoms with Crippen molar-refractivity contribution in [2.24, 2.45) is 5.92 Å². The van der Waals surface area contributed by atoms with E-state index in [2.05, 4.69) is 49.4 Å². The van der Waals surface area contributed by atoms with Gasteiger partial charge in [-0.15, -0.1) is 0 Å². The van der Waals surface area contributed by atoms with Crippen LogP contribution in [-0.2, 0) is 38.8 Å². The molecule has 0 saturated carbocycles. The van der Waals surface area contributed by atoms with Crippen LogP contribution in [0.4, 0.5) is 0 Å².